The van der Waals surface area contributed by atoms with Gasteiger partial charge in [0.25, 0.3) is 0 Å². The maximum Gasteiger partial charge on any atom is 0.472 e. The van der Waals surface area contributed by atoms with E-state index in [0.29, 0.717) is 25.7 Å². The van der Waals surface area contributed by atoms with Crippen LogP contribution in [-0.2, 0) is 65.4 Å². The van der Waals surface area contributed by atoms with Gasteiger partial charge < -0.3 is 33.8 Å². The smallest absolute Gasteiger partial charge is 0.462 e. The molecule has 17 nitrogen and oxygen atoms in total. The second-order valence-corrected chi connectivity index (χ2v) is 33.2. The summed E-state index contributed by atoms with van der Waals surface area (Å²) in [5.74, 6) is -0.563. The van der Waals surface area contributed by atoms with Crippen LogP contribution in [0.3, 0.4) is 0 Å². The Bertz CT molecular complexity index is 2070. The normalized spacial score (nSPS) is 14.3. The molecule has 0 saturated carbocycles. The minimum atomic E-state index is -4.97. The number of hydrogen-bond acceptors (Lipinski definition) is 15. The lowest BCUT2D eigenvalue weighted by molar-refractivity contribution is -0.161. The fourth-order valence-corrected chi connectivity index (χ4v) is 14.1. The average molecular weight is 1500 g/mol. The van der Waals surface area contributed by atoms with Gasteiger partial charge in [-0.3, -0.25) is 37.3 Å². The van der Waals surface area contributed by atoms with Crippen molar-refractivity contribution < 1.29 is 80.2 Å². The van der Waals surface area contributed by atoms with Gasteiger partial charge in [-0.05, 0) is 63.2 Å². The summed E-state index contributed by atoms with van der Waals surface area (Å²) in [6.45, 7) is 9.61. The van der Waals surface area contributed by atoms with Crippen LogP contribution in [0.25, 0.3) is 0 Å². The highest BCUT2D eigenvalue weighted by Gasteiger charge is 2.30. The van der Waals surface area contributed by atoms with E-state index in [4.69, 9.17) is 37.0 Å². The number of unbranched alkanes of at least 4 members (excludes halogenated alkanes) is 47. The van der Waals surface area contributed by atoms with Crippen molar-refractivity contribution >= 4 is 39.5 Å². The molecule has 0 rings (SSSR count). The molecule has 0 aromatic carbocycles. The lowest BCUT2D eigenvalue weighted by Crippen LogP contribution is -2.30. The monoisotopic (exact) mass is 1500 g/mol. The summed E-state index contributed by atoms with van der Waals surface area (Å²) in [5, 5.41) is 10.7. The Hall–Kier alpha value is -2.46. The molecule has 0 fully saturated rings. The fraction of sp³-hybridized carbons (Fsp3) is 0.905. The van der Waals surface area contributed by atoms with Crippen LogP contribution in [0.2, 0.25) is 0 Å². The molecule has 3 unspecified atom stereocenters. The van der Waals surface area contributed by atoms with Crippen LogP contribution in [0.1, 0.15) is 420 Å². The zero-order valence-corrected chi connectivity index (χ0v) is 68.9. The van der Waals surface area contributed by atoms with E-state index >= 15 is 0 Å². The first-order valence-corrected chi connectivity index (χ1v) is 45.8. The van der Waals surface area contributed by atoms with Crippen LogP contribution in [0.5, 0.6) is 0 Å². The molecule has 0 aliphatic carbocycles. The highest BCUT2D eigenvalue weighted by atomic mass is 31.2. The van der Waals surface area contributed by atoms with Crippen molar-refractivity contribution in [1.82, 2.24) is 0 Å². The molecule has 0 aliphatic heterocycles. The van der Waals surface area contributed by atoms with Gasteiger partial charge in [-0.1, -0.05) is 368 Å². The van der Waals surface area contributed by atoms with E-state index in [2.05, 4.69) is 65.8 Å². The Morgan fingerprint density at radius 3 is 0.874 bits per heavy atom. The first-order chi connectivity index (χ1) is 49.9. The third kappa shape index (κ3) is 76.1. The number of phosphoric ester groups is 2. The van der Waals surface area contributed by atoms with Crippen LogP contribution in [0.15, 0.2) is 24.3 Å². The molecular formula is C84H160O17P2. The topological polar surface area (TPSA) is 237 Å². The van der Waals surface area contributed by atoms with E-state index in [0.717, 1.165) is 115 Å². The number of esters is 4. The van der Waals surface area contributed by atoms with Crippen LogP contribution < -0.4 is 0 Å². The molecule has 0 amide bonds. The molecule has 6 atom stereocenters. The number of aliphatic hydroxyl groups excluding tert-OH is 1. The lowest BCUT2D eigenvalue weighted by atomic mass is 9.99. The molecule has 0 bridgehead atoms. The first kappa shape index (κ1) is 101. The fourth-order valence-electron chi connectivity index (χ4n) is 12.5. The van der Waals surface area contributed by atoms with Crippen molar-refractivity contribution in [3.05, 3.63) is 24.3 Å². The van der Waals surface area contributed by atoms with Gasteiger partial charge >= 0.3 is 39.5 Å². The zero-order valence-electron chi connectivity index (χ0n) is 67.1. The molecule has 0 radical (unpaired) electrons. The second-order valence-electron chi connectivity index (χ2n) is 30.3. The summed E-state index contributed by atoms with van der Waals surface area (Å²) in [5.41, 5.74) is 0. The van der Waals surface area contributed by atoms with Gasteiger partial charge in [-0.25, -0.2) is 9.13 Å². The van der Waals surface area contributed by atoms with Gasteiger partial charge in [0.2, 0.25) is 0 Å². The predicted molar refractivity (Wildman–Crippen MR) is 423 cm³/mol. The van der Waals surface area contributed by atoms with Gasteiger partial charge in [-0.2, -0.15) is 0 Å². The maximum atomic E-state index is 13.1. The number of aliphatic hydroxyl groups is 1. The predicted octanol–water partition coefficient (Wildman–Crippen LogP) is 25.0. The molecule has 0 heterocycles. The Labute approximate surface area is 631 Å². The number of phosphoric acid groups is 2. The van der Waals surface area contributed by atoms with Crippen molar-refractivity contribution in [3.8, 4) is 0 Å². The molecule has 0 aliphatic rings. The number of hydrogen-bond donors (Lipinski definition) is 3. The highest BCUT2D eigenvalue weighted by Crippen LogP contribution is 2.45. The zero-order chi connectivity index (χ0) is 75.6. The van der Waals surface area contributed by atoms with E-state index in [9.17, 15) is 43.2 Å². The Kier molecular flexibility index (Phi) is 73.2. The van der Waals surface area contributed by atoms with E-state index < -0.39 is 97.5 Å². The first-order valence-electron chi connectivity index (χ1n) is 42.8. The minimum absolute atomic E-state index is 0.0848. The van der Waals surface area contributed by atoms with Gasteiger partial charge in [-0.15, -0.1) is 0 Å². The van der Waals surface area contributed by atoms with Gasteiger partial charge in [0.05, 0.1) is 26.4 Å². The molecule has 0 spiro atoms. The number of carbonyl (C=O) groups excluding carboxylic acids is 4. The molecular weight excluding hydrogens is 1340 g/mol. The molecule has 0 aromatic rings. The molecule has 103 heavy (non-hydrogen) atoms. The summed E-state index contributed by atoms with van der Waals surface area (Å²) >= 11 is 0. The van der Waals surface area contributed by atoms with Gasteiger partial charge in [0.15, 0.2) is 12.2 Å². The third-order valence-electron chi connectivity index (χ3n) is 19.4. The van der Waals surface area contributed by atoms with Gasteiger partial charge in [0.1, 0.15) is 19.3 Å². The second kappa shape index (κ2) is 75.0. The molecule has 608 valence electrons. The summed E-state index contributed by atoms with van der Waals surface area (Å²) in [4.78, 5) is 73.1. The third-order valence-corrected chi connectivity index (χ3v) is 21.3. The largest absolute Gasteiger partial charge is 0.472 e. The van der Waals surface area contributed by atoms with Crippen molar-refractivity contribution in [2.45, 2.75) is 439 Å². The summed E-state index contributed by atoms with van der Waals surface area (Å²) in [6.07, 6.45) is 68.7. The van der Waals surface area contributed by atoms with Crippen LogP contribution in [0, 0.1) is 11.8 Å². The number of allylic oxidation sites excluding steroid dienone is 4. The Balaban J connectivity index is 5.29. The molecule has 0 saturated heterocycles. The van der Waals surface area contributed by atoms with E-state index in [1.165, 1.54) is 225 Å². The van der Waals surface area contributed by atoms with Crippen molar-refractivity contribution in [1.29, 1.82) is 0 Å². The minimum Gasteiger partial charge on any atom is -0.462 e. The SMILES string of the molecule is CCCCCC/C=C\C=C/CCCCCCCC(=O)O[C@H](COC(=O)CCCCCCCCCCC(C)CC)COP(=O)(O)OC[C@H](O)COP(=O)(O)OC[C@@H](COC(=O)CCCCCCCCCCCCCCCCC(C)C)OC(=O)CCCCCCCCCCCCCCCCCCCCC. The lowest BCUT2D eigenvalue weighted by Gasteiger charge is -2.21. The van der Waals surface area contributed by atoms with Crippen LogP contribution >= 0.6 is 15.6 Å². The maximum absolute atomic E-state index is 13.1. The van der Waals surface area contributed by atoms with Crippen LogP contribution in [0.4, 0.5) is 0 Å². The van der Waals surface area contributed by atoms with Crippen LogP contribution in [-0.4, -0.2) is 96.7 Å². The molecule has 19 heteroatoms. The Morgan fingerprint density at radius 2 is 0.573 bits per heavy atom. The van der Waals surface area contributed by atoms with Crippen molar-refractivity contribution in [2.24, 2.45) is 11.8 Å². The highest BCUT2D eigenvalue weighted by molar-refractivity contribution is 7.47. The van der Waals surface area contributed by atoms with E-state index in [1.807, 2.05) is 0 Å². The van der Waals surface area contributed by atoms with Gasteiger partial charge in [0, 0.05) is 25.7 Å². The summed E-state index contributed by atoms with van der Waals surface area (Å²) in [7, 11) is -9.94. The summed E-state index contributed by atoms with van der Waals surface area (Å²) in [6, 6.07) is 0. The summed E-state index contributed by atoms with van der Waals surface area (Å²) < 4.78 is 68.8. The molecule has 3 N–H and O–H groups in total. The quantitative estimate of drug-likeness (QED) is 0.0169. The number of carbonyl (C=O) groups is 4. The van der Waals surface area contributed by atoms with Crippen molar-refractivity contribution in [3.63, 3.8) is 0 Å². The standard InChI is InChI=1S/C84H160O17P2/c1-7-10-12-14-16-18-20-22-24-25-26-27-29-35-39-43-51-57-63-69-83(88)100-79(72-94-81(86)66-60-54-48-41-37-33-31-30-32-36-40-46-52-58-64-76(4)5)74-98-102(90,91)96-70-78(85)71-97-103(92,93)99-75-80(73-95-82(87)67-61-55-49-45-44-47-53-59-65-77(6)9-3)101-84(89)68-62-56-50-42-38-34-28-23-21-19-17-15-13-11-8-2/h19,21,23,28,76-80,85H,7-18,20,22,24-27,29-75H2,1-6H3,(H,90,91)(H,92,93)/b21-19-,28-23-/t77?,78-,79-,80-/m1/s1. The molecule has 0 aromatic heterocycles. The van der Waals surface area contributed by atoms with E-state index in [1.54, 1.807) is 0 Å². The number of ether oxygens (including phenoxy) is 4. The van der Waals surface area contributed by atoms with E-state index in [-0.39, 0.29) is 25.7 Å². The average Bonchev–Trinajstić information content (AvgIpc) is 0.913. The Morgan fingerprint density at radius 1 is 0.320 bits per heavy atom. The number of rotatable bonds is 81. The van der Waals surface area contributed by atoms with Crippen molar-refractivity contribution in [2.75, 3.05) is 39.6 Å².